The van der Waals surface area contributed by atoms with Gasteiger partial charge in [-0.3, -0.25) is 0 Å². The van der Waals surface area contributed by atoms with Gasteiger partial charge in [-0.2, -0.15) is 0 Å². The highest BCUT2D eigenvalue weighted by molar-refractivity contribution is 5.96. The minimum absolute atomic E-state index is 0.172. The van der Waals surface area contributed by atoms with Crippen LogP contribution in [0, 0.1) is 0 Å². The molecule has 2 unspecified atom stereocenters. The van der Waals surface area contributed by atoms with Gasteiger partial charge in [0, 0.05) is 23.2 Å². The lowest BCUT2D eigenvalue weighted by Gasteiger charge is -2.30. The Balaban J connectivity index is 1.70. The summed E-state index contributed by atoms with van der Waals surface area (Å²) in [6.07, 6.45) is 4.28. The second-order valence-corrected chi connectivity index (χ2v) is 7.85. The summed E-state index contributed by atoms with van der Waals surface area (Å²) in [5.74, 6) is -0.376. The fourth-order valence-corrected chi connectivity index (χ4v) is 4.76. The topological polar surface area (TPSA) is 84.9 Å². The Labute approximate surface area is 168 Å². The van der Waals surface area contributed by atoms with Crippen LogP contribution in [0.1, 0.15) is 57.5 Å². The normalized spacial score (nSPS) is 21.8. The number of carbonyl (C=O) groups is 2. The van der Waals surface area contributed by atoms with Gasteiger partial charge >= 0.3 is 11.9 Å². The number of carbonyl (C=O) groups excluding carboxylic acids is 1. The molecule has 3 aliphatic heterocycles. The molecular weight excluding hydrogens is 370 g/mol. The van der Waals surface area contributed by atoms with E-state index in [1.165, 1.54) is 25.5 Å². The van der Waals surface area contributed by atoms with Gasteiger partial charge in [0.25, 0.3) is 0 Å². The maximum Gasteiger partial charge on any atom is 0.337 e. The van der Waals surface area contributed by atoms with E-state index in [-0.39, 0.29) is 5.56 Å². The maximum absolute atomic E-state index is 12.0. The first-order valence-corrected chi connectivity index (χ1v) is 9.80. The summed E-state index contributed by atoms with van der Waals surface area (Å²) in [5.41, 5.74) is 4.88. The summed E-state index contributed by atoms with van der Waals surface area (Å²) >= 11 is 0. The molecule has 5 rings (SSSR count). The van der Waals surface area contributed by atoms with E-state index in [0.29, 0.717) is 29.1 Å². The summed E-state index contributed by atoms with van der Waals surface area (Å²) in [4.78, 5) is 23.4. The van der Waals surface area contributed by atoms with E-state index >= 15 is 0 Å². The van der Waals surface area contributed by atoms with Crippen molar-refractivity contribution < 1.29 is 24.2 Å². The molecule has 6 nitrogen and oxygen atoms in total. The van der Waals surface area contributed by atoms with Gasteiger partial charge in [0.1, 0.15) is 11.5 Å². The monoisotopic (exact) mass is 391 g/mol. The molecule has 6 heteroatoms. The van der Waals surface area contributed by atoms with Crippen molar-refractivity contribution >= 4 is 17.5 Å². The number of hydrogen-bond acceptors (Lipinski definition) is 5. The van der Waals surface area contributed by atoms with Crippen molar-refractivity contribution in [1.82, 2.24) is 5.32 Å². The van der Waals surface area contributed by atoms with Gasteiger partial charge in [0.15, 0.2) is 0 Å². The lowest BCUT2D eigenvalue weighted by atomic mass is 9.84. The molecule has 0 amide bonds. The van der Waals surface area contributed by atoms with Crippen molar-refractivity contribution in [2.45, 2.75) is 37.8 Å². The van der Waals surface area contributed by atoms with E-state index in [1.54, 1.807) is 24.3 Å². The van der Waals surface area contributed by atoms with Crippen LogP contribution in [-0.4, -0.2) is 36.2 Å². The Morgan fingerprint density at radius 2 is 1.59 bits per heavy atom. The van der Waals surface area contributed by atoms with E-state index in [2.05, 4.69) is 5.32 Å². The van der Waals surface area contributed by atoms with Crippen LogP contribution in [-0.2, 0) is 4.74 Å². The van der Waals surface area contributed by atoms with Crippen molar-refractivity contribution in [3.63, 3.8) is 0 Å². The number of methoxy groups -OCH3 is 1. The molecule has 2 aromatic rings. The van der Waals surface area contributed by atoms with E-state index < -0.39 is 11.9 Å². The predicted octanol–water partition coefficient (Wildman–Crippen LogP) is 3.99. The molecule has 3 heterocycles. The number of benzene rings is 2. The number of ether oxygens (including phenoxy) is 2. The standard InChI is InChI=1S/C23H21NO5/c1-28-23(27)13-3-7-18-20(11-13)29-19-10-12(22(25)26)2-6-17(19)21(18)14-8-15-4-5-16(9-14)24-15/h2-3,6-7,10-11,15-16,24H,4-5,8-9H2,1H3,(H,25,26). The zero-order valence-corrected chi connectivity index (χ0v) is 16.0. The quantitative estimate of drug-likeness (QED) is 0.643. The van der Waals surface area contributed by atoms with Crippen LogP contribution in [0.15, 0.2) is 42.0 Å². The highest BCUT2D eigenvalue weighted by Crippen LogP contribution is 2.48. The van der Waals surface area contributed by atoms with Gasteiger partial charge < -0.3 is 19.9 Å². The molecular formula is C23H21NO5. The van der Waals surface area contributed by atoms with Gasteiger partial charge in [0.2, 0.25) is 0 Å². The van der Waals surface area contributed by atoms with Gasteiger partial charge in [-0.15, -0.1) is 0 Å². The van der Waals surface area contributed by atoms with Crippen molar-refractivity contribution in [1.29, 1.82) is 0 Å². The largest absolute Gasteiger partial charge is 0.478 e. The van der Waals surface area contributed by atoms with Gasteiger partial charge in [-0.25, -0.2) is 9.59 Å². The van der Waals surface area contributed by atoms with Crippen LogP contribution in [0.25, 0.3) is 5.57 Å². The molecule has 2 saturated heterocycles. The second-order valence-electron chi connectivity index (χ2n) is 7.85. The highest BCUT2D eigenvalue weighted by Gasteiger charge is 2.34. The third-order valence-corrected chi connectivity index (χ3v) is 6.06. The fraction of sp³-hybridized carbons (Fsp3) is 0.304. The number of fused-ring (bicyclic) bond motifs is 4. The van der Waals surface area contributed by atoms with Crippen LogP contribution in [0.2, 0.25) is 0 Å². The molecule has 0 saturated carbocycles. The van der Waals surface area contributed by atoms with E-state index in [9.17, 15) is 14.7 Å². The molecule has 2 atom stereocenters. The molecule has 148 valence electrons. The highest BCUT2D eigenvalue weighted by atomic mass is 16.5. The van der Waals surface area contributed by atoms with E-state index in [0.717, 1.165) is 29.5 Å². The van der Waals surface area contributed by atoms with E-state index in [4.69, 9.17) is 9.47 Å². The average molecular weight is 391 g/mol. The van der Waals surface area contributed by atoms with Crippen molar-refractivity contribution in [3.8, 4) is 11.5 Å². The van der Waals surface area contributed by atoms with Crippen LogP contribution >= 0.6 is 0 Å². The van der Waals surface area contributed by atoms with Crippen molar-refractivity contribution in [2.75, 3.05) is 7.11 Å². The van der Waals surface area contributed by atoms with Crippen LogP contribution in [0.3, 0.4) is 0 Å². The SMILES string of the molecule is COC(=O)c1ccc2c(c1)Oc1cc(C(=O)O)ccc1C2=C1CC2CCC(C1)N2. The Kier molecular flexibility index (Phi) is 4.17. The number of aromatic carboxylic acids is 1. The zero-order valence-electron chi connectivity index (χ0n) is 16.0. The number of rotatable bonds is 2. The fourth-order valence-electron chi connectivity index (χ4n) is 4.76. The molecule has 2 aromatic carbocycles. The minimum atomic E-state index is -1.00. The molecule has 0 spiro atoms. The van der Waals surface area contributed by atoms with Crippen molar-refractivity contribution in [3.05, 3.63) is 64.2 Å². The van der Waals surface area contributed by atoms with Gasteiger partial charge in [0.05, 0.1) is 18.2 Å². The number of hydrogen-bond donors (Lipinski definition) is 2. The number of carboxylic acids is 1. The van der Waals surface area contributed by atoms with Gasteiger partial charge in [-0.05, 0) is 67.7 Å². The number of nitrogens with one attached hydrogen (secondary N) is 1. The average Bonchev–Trinajstić information content (AvgIpc) is 3.07. The van der Waals surface area contributed by atoms with Crippen LogP contribution in [0.5, 0.6) is 11.5 Å². The molecule has 29 heavy (non-hydrogen) atoms. The first-order chi connectivity index (χ1) is 14.0. The Morgan fingerprint density at radius 3 is 2.17 bits per heavy atom. The number of piperidine rings is 1. The first-order valence-electron chi connectivity index (χ1n) is 9.80. The maximum atomic E-state index is 12.0. The lowest BCUT2D eigenvalue weighted by molar-refractivity contribution is 0.0599. The van der Waals surface area contributed by atoms with E-state index in [1.807, 2.05) is 12.1 Å². The molecule has 0 aromatic heterocycles. The van der Waals surface area contributed by atoms with Crippen LogP contribution < -0.4 is 10.1 Å². The Bertz CT molecular complexity index is 1060. The summed E-state index contributed by atoms with van der Waals surface area (Å²) in [5, 5.41) is 13.0. The molecule has 2 N–H and O–H groups in total. The number of carboxylic acid groups (broad SMARTS) is 1. The summed E-state index contributed by atoms with van der Waals surface area (Å²) in [6, 6.07) is 11.3. The smallest absolute Gasteiger partial charge is 0.337 e. The lowest BCUT2D eigenvalue weighted by Crippen LogP contribution is -2.35. The summed E-state index contributed by atoms with van der Waals surface area (Å²) < 4.78 is 10.9. The van der Waals surface area contributed by atoms with Crippen molar-refractivity contribution in [2.24, 2.45) is 0 Å². The molecule has 2 bridgehead atoms. The molecule has 0 aliphatic carbocycles. The third kappa shape index (κ3) is 3.00. The minimum Gasteiger partial charge on any atom is -0.478 e. The van der Waals surface area contributed by atoms with Gasteiger partial charge in [-0.1, -0.05) is 5.57 Å². The molecule has 2 fully saturated rings. The summed E-state index contributed by atoms with van der Waals surface area (Å²) in [7, 11) is 1.34. The molecule has 0 radical (unpaired) electrons. The Morgan fingerprint density at radius 1 is 1.00 bits per heavy atom. The molecule has 3 aliphatic rings. The number of esters is 1. The zero-order chi connectivity index (χ0) is 20.1. The first kappa shape index (κ1) is 17.9. The second kappa shape index (κ2) is 6.74. The summed E-state index contributed by atoms with van der Waals surface area (Å²) in [6.45, 7) is 0. The third-order valence-electron chi connectivity index (χ3n) is 6.06. The van der Waals surface area contributed by atoms with Crippen LogP contribution in [0.4, 0.5) is 0 Å². The predicted molar refractivity (Wildman–Crippen MR) is 106 cm³/mol. The Hall–Kier alpha value is -3.12.